The largest absolute Gasteiger partial charge is 0.511 e. The molecule has 2 nitrogen and oxygen atoms in total. The normalized spacial score (nSPS) is 27.2. The number of Topliss-reactive ketones (excluding diaryl/α,β-unsaturated/α-hetero) is 1. The Labute approximate surface area is 183 Å². The predicted octanol–water partition coefficient (Wildman–Crippen LogP) is 7.03. The van der Waals surface area contributed by atoms with Crippen molar-refractivity contribution in [2.45, 2.75) is 40.0 Å². The van der Waals surface area contributed by atoms with Gasteiger partial charge in [-0.15, -0.1) is 0 Å². The van der Waals surface area contributed by atoms with Crippen LogP contribution in [0.15, 0.2) is 59.4 Å². The van der Waals surface area contributed by atoms with Crippen molar-refractivity contribution < 1.29 is 9.90 Å². The summed E-state index contributed by atoms with van der Waals surface area (Å²) in [6.45, 7) is 6.40. The molecule has 3 heteroatoms. The van der Waals surface area contributed by atoms with Gasteiger partial charge in [-0.2, -0.15) is 0 Å². The highest BCUT2D eigenvalue weighted by molar-refractivity contribution is 6.30. The van der Waals surface area contributed by atoms with Gasteiger partial charge in [-0.05, 0) is 85.4 Å². The lowest BCUT2D eigenvalue weighted by Gasteiger charge is -2.22. The number of allylic oxidation sites excluding steroid dienone is 4. The second-order valence-corrected chi connectivity index (χ2v) is 9.59. The van der Waals surface area contributed by atoms with E-state index in [0.717, 1.165) is 41.5 Å². The molecule has 2 saturated carbocycles. The summed E-state index contributed by atoms with van der Waals surface area (Å²) in [4.78, 5) is 13.7. The van der Waals surface area contributed by atoms with E-state index in [0.29, 0.717) is 28.2 Å². The summed E-state index contributed by atoms with van der Waals surface area (Å²) in [6, 6.07) is 14.0. The lowest BCUT2D eigenvalue weighted by Crippen LogP contribution is -2.24. The van der Waals surface area contributed by atoms with Crippen LogP contribution in [0.3, 0.4) is 0 Å². The Morgan fingerprint density at radius 2 is 1.63 bits per heavy atom. The fourth-order valence-electron chi connectivity index (χ4n) is 6.31. The Bertz CT molecular complexity index is 1100. The summed E-state index contributed by atoms with van der Waals surface area (Å²) >= 11 is 6.05. The predicted molar refractivity (Wildman–Crippen MR) is 122 cm³/mol. The van der Waals surface area contributed by atoms with Crippen LogP contribution in [0.5, 0.6) is 0 Å². The van der Waals surface area contributed by atoms with Crippen LogP contribution in [-0.2, 0) is 11.2 Å². The number of hydrogen-bond donors (Lipinski definition) is 1. The van der Waals surface area contributed by atoms with Gasteiger partial charge >= 0.3 is 0 Å². The number of carbonyl (C=O) groups excluding carboxylic acids is 1. The third-order valence-corrected chi connectivity index (χ3v) is 7.73. The van der Waals surface area contributed by atoms with E-state index < -0.39 is 0 Å². The molecule has 3 aliphatic carbocycles. The fourth-order valence-corrected chi connectivity index (χ4v) is 6.44. The summed E-state index contributed by atoms with van der Waals surface area (Å²) in [6.07, 6.45) is 2.98. The highest BCUT2D eigenvalue weighted by Gasteiger charge is 2.60. The molecule has 0 aromatic heterocycles. The Hall–Kier alpha value is -2.32. The smallest absolute Gasteiger partial charge is 0.171 e. The molecule has 3 aliphatic rings. The molecule has 0 aliphatic heterocycles. The third kappa shape index (κ3) is 2.73. The first kappa shape index (κ1) is 19.6. The van der Waals surface area contributed by atoms with Crippen molar-refractivity contribution in [3.05, 3.63) is 75.5 Å². The van der Waals surface area contributed by atoms with Gasteiger partial charge in [0.15, 0.2) is 5.78 Å². The van der Waals surface area contributed by atoms with Crippen molar-refractivity contribution in [3.63, 3.8) is 0 Å². The van der Waals surface area contributed by atoms with Crippen molar-refractivity contribution in [1.82, 2.24) is 0 Å². The average Bonchev–Trinajstić information content (AvgIpc) is 3.38. The number of benzene rings is 2. The zero-order valence-electron chi connectivity index (χ0n) is 17.7. The molecule has 4 atom stereocenters. The van der Waals surface area contributed by atoms with Gasteiger partial charge < -0.3 is 5.11 Å². The van der Waals surface area contributed by atoms with Crippen molar-refractivity contribution >= 4 is 23.0 Å². The zero-order valence-corrected chi connectivity index (χ0v) is 18.5. The quantitative estimate of drug-likeness (QED) is 0.543. The molecule has 2 aromatic rings. The van der Waals surface area contributed by atoms with E-state index >= 15 is 0 Å². The molecule has 1 N–H and O–H groups in total. The number of aliphatic hydroxyl groups excluding tert-OH is 1. The first-order chi connectivity index (χ1) is 14.4. The van der Waals surface area contributed by atoms with Crippen molar-refractivity contribution in [3.8, 4) is 11.1 Å². The van der Waals surface area contributed by atoms with Crippen LogP contribution in [0, 0.1) is 23.7 Å². The van der Waals surface area contributed by atoms with Gasteiger partial charge in [0.1, 0.15) is 5.76 Å². The fraction of sp³-hybridized carbons (Fsp3) is 0.370. The summed E-state index contributed by atoms with van der Waals surface area (Å²) < 4.78 is 0. The minimum atomic E-state index is -0.0763. The minimum Gasteiger partial charge on any atom is -0.511 e. The van der Waals surface area contributed by atoms with E-state index in [1.807, 2.05) is 24.3 Å². The number of rotatable bonds is 3. The molecule has 30 heavy (non-hydrogen) atoms. The zero-order chi connectivity index (χ0) is 21.2. The molecule has 0 spiro atoms. The Balaban J connectivity index is 1.63. The highest BCUT2D eigenvalue weighted by atomic mass is 35.5. The summed E-state index contributed by atoms with van der Waals surface area (Å²) in [5.74, 6) is 1.01. The highest BCUT2D eigenvalue weighted by Crippen LogP contribution is 2.63. The number of fused-ring (bicyclic) bond motifs is 5. The topological polar surface area (TPSA) is 37.3 Å². The first-order valence-corrected chi connectivity index (χ1v) is 11.3. The third-order valence-electron chi connectivity index (χ3n) is 7.48. The number of aliphatic hydroxyl groups is 1. The molecule has 2 bridgehead atoms. The van der Waals surface area contributed by atoms with Gasteiger partial charge in [0.05, 0.1) is 5.57 Å². The maximum atomic E-state index is 13.7. The van der Waals surface area contributed by atoms with E-state index in [-0.39, 0.29) is 17.6 Å². The standard InChI is InChI=1S/C27H27ClO2/c1-4-15-5-6-17(16-7-9-18(28)10-8-16)13-21(15)25-26(29)23-19-11-12-20(22(19)14(2)3)24(23)27(25)30/h5-10,13,19-20,23-24,29H,4,11-12H2,1-3H3/t19-,20+,23+,24-/m0/s1. The van der Waals surface area contributed by atoms with Gasteiger partial charge in [0.25, 0.3) is 0 Å². The van der Waals surface area contributed by atoms with E-state index in [9.17, 15) is 9.90 Å². The van der Waals surface area contributed by atoms with Crippen LogP contribution in [0.25, 0.3) is 16.7 Å². The monoisotopic (exact) mass is 418 g/mol. The van der Waals surface area contributed by atoms with Gasteiger partial charge in [-0.3, -0.25) is 4.79 Å². The molecule has 0 heterocycles. The summed E-state index contributed by atoms with van der Waals surface area (Å²) in [5.41, 5.74) is 7.45. The van der Waals surface area contributed by atoms with Crippen LogP contribution >= 0.6 is 11.6 Å². The van der Waals surface area contributed by atoms with Crippen molar-refractivity contribution in [1.29, 1.82) is 0 Å². The second-order valence-electron chi connectivity index (χ2n) is 9.15. The van der Waals surface area contributed by atoms with Crippen LogP contribution in [0.4, 0.5) is 0 Å². The number of aryl methyl sites for hydroxylation is 1. The lowest BCUT2D eigenvalue weighted by molar-refractivity contribution is -0.118. The Morgan fingerprint density at radius 1 is 1.00 bits per heavy atom. The number of hydrogen-bond acceptors (Lipinski definition) is 2. The molecule has 0 radical (unpaired) electrons. The van der Waals surface area contributed by atoms with Crippen LogP contribution in [-0.4, -0.2) is 10.9 Å². The molecule has 5 rings (SSSR count). The first-order valence-electron chi connectivity index (χ1n) is 11.0. The Morgan fingerprint density at radius 3 is 2.23 bits per heavy atom. The van der Waals surface area contributed by atoms with Crippen LogP contribution < -0.4 is 0 Å². The van der Waals surface area contributed by atoms with Gasteiger partial charge in [-0.25, -0.2) is 0 Å². The molecule has 0 saturated heterocycles. The van der Waals surface area contributed by atoms with Gasteiger partial charge in [0.2, 0.25) is 0 Å². The maximum absolute atomic E-state index is 13.7. The number of ketones is 1. The lowest BCUT2D eigenvalue weighted by atomic mass is 9.80. The molecular formula is C27H27ClO2. The molecule has 0 amide bonds. The van der Waals surface area contributed by atoms with Gasteiger partial charge in [0, 0.05) is 16.9 Å². The minimum absolute atomic E-state index is 0.0277. The van der Waals surface area contributed by atoms with Crippen LogP contribution in [0.1, 0.15) is 44.7 Å². The Kier molecular flexibility index (Phi) is 4.67. The molecule has 2 fully saturated rings. The maximum Gasteiger partial charge on any atom is 0.171 e. The second kappa shape index (κ2) is 7.13. The van der Waals surface area contributed by atoms with Crippen molar-refractivity contribution in [2.24, 2.45) is 23.7 Å². The molecular weight excluding hydrogens is 392 g/mol. The summed E-state index contributed by atoms with van der Waals surface area (Å²) in [7, 11) is 0. The van der Waals surface area contributed by atoms with Crippen LogP contribution in [0.2, 0.25) is 5.02 Å². The van der Waals surface area contributed by atoms with E-state index in [1.165, 1.54) is 11.1 Å². The number of halogens is 1. The molecule has 154 valence electrons. The van der Waals surface area contributed by atoms with E-state index in [4.69, 9.17) is 11.6 Å². The van der Waals surface area contributed by atoms with Gasteiger partial charge in [-0.1, -0.05) is 53.9 Å². The SMILES string of the molecule is CCc1ccc(-c2ccc(Cl)cc2)cc1C1=C(O)[C@H]2[C@@H](C1=O)[C@@H]1CC[C@H]2C1=C(C)C. The van der Waals surface area contributed by atoms with E-state index in [1.54, 1.807) is 0 Å². The average molecular weight is 419 g/mol. The van der Waals surface area contributed by atoms with E-state index in [2.05, 4.69) is 39.0 Å². The summed E-state index contributed by atoms with van der Waals surface area (Å²) in [5, 5.41) is 12.0. The molecule has 2 aromatic carbocycles. The van der Waals surface area contributed by atoms with Crippen molar-refractivity contribution in [2.75, 3.05) is 0 Å². The number of carbonyl (C=O) groups is 1. The molecule has 0 unspecified atom stereocenters.